The monoisotopic (exact) mass is 427 g/mol. The topological polar surface area (TPSA) is 3.24 Å². The van der Waals surface area contributed by atoms with E-state index in [2.05, 4.69) is 94.1 Å². The molecule has 168 valence electrons. The molecule has 0 aliphatic heterocycles. The van der Waals surface area contributed by atoms with Gasteiger partial charge >= 0.3 is 0 Å². The molecule has 0 saturated carbocycles. The normalized spacial score (nSPS) is 16.2. The SMILES string of the molecule is [2H]C(C)(C)c1ccccc1N(c1cc2c(cc1C([2H])(C)C)-c1ccccc1C2(C)C)C(C)(C)C. The number of para-hydroxylation sites is 1. The van der Waals surface area contributed by atoms with Crippen molar-refractivity contribution in [1.29, 1.82) is 0 Å². The zero-order chi connectivity index (χ0) is 25.3. The first-order valence-electron chi connectivity index (χ1n) is 12.7. The van der Waals surface area contributed by atoms with Crippen LogP contribution in [-0.4, -0.2) is 5.54 Å². The third kappa shape index (κ3) is 3.56. The molecule has 4 rings (SSSR count). The average Bonchev–Trinajstić information content (AvgIpc) is 2.93. The van der Waals surface area contributed by atoms with Gasteiger partial charge in [-0.05, 0) is 84.1 Å². The number of nitrogens with zero attached hydrogens (tertiary/aromatic N) is 1. The van der Waals surface area contributed by atoms with Gasteiger partial charge in [-0.2, -0.15) is 0 Å². The number of hydrogen-bond donors (Lipinski definition) is 0. The molecular weight excluding hydrogens is 386 g/mol. The zero-order valence-electron chi connectivity index (χ0n) is 23.2. The number of fused-ring (bicyclic) bond motifs is 3. The van der Waals surface area contributed by atoms with Crippen molar-refractivity contribution in [3.63, 3.8) is 0 Å². The number of rotatable bonds is 4. The number of benzene rings is 3. The molecule has 0 N–H and O–H groups in total. The van der Waals surface area contributed by atoms with Gasteiger partial charge in [-0.3, -0.25) is 0 Å². The highest BCUT2D eigenvalue weighted by molar-refractivity contribution is 5.85. The average molecular weight is 428 g/mol. The van der Waals surface area contributed by atoms with Gasteiger partial charge in [0.2, 0.25) is 0 Å². The lowest BCUT2D eigenvalue weighted by atomic mass is 9.81. The summed E-state index contributed by atoms with van der Waals surface area (Å²) in [6.07, 6.45) is 0. The van der Waals surface area contributed by atoms with Crippen molar-refractivity contribution in [3.05, 3.63) is 82.9 Å². The van der Waals surface area contributed by atoms with Gasteiger partial charge in [0.15, 0.2) is 0 Å². The third-order valence-corrected chi connectivity index (χ3v) is 6.83. The minimum absolute atomic E-state index is 0.122. The highest BCUT2D eigenvalue weighted by Crippen LogP contribution is 2.52. The quantitative estimate of drug-likeness (QED) is 0.401. The first kappa shape index (κ1) is 20.1. The van der Waals surface area contributed by atoms with Crippen LogP contribution in [0.25, 0.3) is 11.1 Å². The van der Waals surface area contributed by atoms with Crippen LogP contribution in [0.1, 0.15) is 99.1 Å². The van der Waals surface area contributed by atoms with Crippen molar-refractivity contribution in [2.45, 2.75) is 85.1 Å². The molecule has 1 heteroatoms. The van der Waals surface area contributed by atoms with Gasteiger partial charge in [-0.1, -0.05) is 84.0 Å². The summed E-state index contributed by atoms with van der Waals surface area (Å²) in [5.41, 5.74) is 8.86. The molecule has 0 radical (unpaired) electrons. The fraction of sp³-hybridized carbons (Fsp3) is 0.419. The lowest BCUT2D eigenvalue weighted by molar-refractivity contribution is 0.554. The zero-order valence-corrected chi connectivity index (χ0v) is 21.2. The van der Waals surface area contributed by atoms with Crippen LogP contribution in [0.4, 0.5) is 11.4 Å². The lowest BCUT2D eigenvalue weighted by Gasteiger charge is -2.42. The molecule has 1 aliphatic carbocycles. The Morgan fingerprint density at radius 2 is 1.31 bits per heavy atom. The smallest absolute Gasteiger partial charge is 0.0454 e. The minimum atomic E-state index is -0.791. The van der Waals surface area contributed by atoms with E-state index >= 15 is 0 Å². The summed E-state index contributed by atoms with van der Waals surface area (Å²) in [4.78, 5) is 2.36. The molecule has 0 unspecified atom stereocenters. The van der Waals surface area contributed by atoms with Gasteiger partial charge < -0.3 is 4.90 Å². The fourth-order valence-corrected chi connectivity index (χ4v) is 5.27. The van der Waals surface area contributed by atoms with Gasteiger partial charge in [0, 0.05) is 25.1 Å². The van der Waals surface area contributed by atoms with Gasteiger partial charge in [-0.25, -0.2) is 0 Å². The van der Waals surface area contributed by atoms with E-state index in [1.807, 2.05) is 33.8 Å². The molecule has 0 saturated heterocycles. The van der Waals surface area contributed by atoms with Crippen LogP contribution in [0.15, 0.2) is 60.7 Å². The van der Waals surface area contributed by atoms with Crippen molar-refractivity contribution in [1.82, 2.24) is 0 Å². The standard InChI is InChI=1S/C31H39N/c1-20(2)22-14-11-13-17-28(22)32(30(5,6)7)29-19-27-25(18-24(29)21(3)4)23-15-10-12-16-26(23)31(27,8)9/h10-21H,1-9H3/i20D,21D. The second-order valence-electron chi connectivity index (χ2n) is 11.1. The van der Waals surface area contributed by atoms with Gasteiger partial charge in [0.1, 0.15) is 0 Å². The molecule has 32 heavy (non-hydrogen) atoms. The highest BCUT2D eigenvalue weighted by atomic mass is 15.2. The molecule has 1 aliphatic rings. The van der Waals surface area contributed by atoms with Gasteiger partial charge in [-0.15, -0.1) is 0 Å². The molecule has 0 atom stereocenters. The minimum Gasteiger partial charge on any atom is -0.336 e. The van der Waals surface area contributed by atoms with Crippen molar-refractivity contribution < 1.29 is 2.74 Å². The molecule has 0 spiro atoms. The molecule has 0 heterocycles. The Labute approximate surface area is 198 Å². The maximum absolute atomic E-state index is 9.13. The molecular formula is C31H39N. The van der Waals surface area contributed by atoms with Crippen molar-refractivity contribution in [3.8, 4) is 11.1 Å². The summed E-state index contributed by atoms with van der Waals surface area (Å²) in [6, 6.07) is 21.6. The lowest BCUT2D eigenvalue weighted by Crippen LogP contribution is -2.39. The number of anilines is 2. The van der Waals surface area contributed by atoms with Crippen molar-refractivity contribution in [2.24, 2.45) is 0 Å². The summed E-state index contributed by atoms with van der Waals surface area (Å²) in [5, 5.41) is 0. The first-order valence-corrected chi connectivity index (χ1v) is 11.7. The van der Waals surface area contributed by atoms with Crippen LogP contribution in [0.3, 0.4) is 0 Å². The van der Waals surface area contributed by atoms with Gasteiger partial charge in [0.05, 0.1) is 0 Å². The first-order chi connectivity index (χ1) is 15.5. The Bertz CT molecular complexity index is 1230. The maximum Gasteiger partial charge on any atom is 0.0454 e. The predicted octanol–water partition coefficient (Wildman–Crippen LogP) is 9.18. The Hall–Kier alpha value is -2.54. The Kier molecular flexibility index (Phi) is 4.90. The molecule has 0 fully saturated rings. The highest BCUT2D eigenvalue weighted by Gasteiger charge is 2.38. The summed E-state index contributed by atoms with van der Waals surface area (Å²) < 4.78 is 18.0. The summed E-state index contributed by atoms with van der Waals surface area (Å²) >= 11 is 0. The second kappa shape index (κ2) is 7.80. The molecule has 3 aromatic carbocycles. The van der Waals surface area contributed by atoms with E-state index in [0.29, 0.717) is 0 Å². The van der Waals surface area contributed by atoms with E-state index in [1.54, 1.807) is 0 Å². The second-order valence-corrected chi connectivity index (χ2v) is 11.1. The molecule has 1 nitrogen and oxygen atoms in total. The predicted molar refractivity (Wildman–Crippen MR) is 141 cm³/mol. The molecule has 0 aromatic heterocycles. The van der Waals surface area contributed by atoms with Crippen LogP contribution in [-0.2, 0) is 5.41 Å². The Morgan fingerprint density at radius 1 is 0.719 bits per heavy atom. The largest absolute Gasteiger partial charge is 0.336 e. The van der Waals surface area contributed by atoms with Crippen LogP contribution in [0.2, 0.25) is 0 Å². The molecule has 0 bridgehead atoms. The van der Waals surface area contributed by atoms with E-state index in [4.69, 9.17) is 2.74 Å². The third-order valence-electron chi connectivity index (χ3n) is 6.83. The summed E-state index contributed by atoms with van der Waals surface area (Å²) in [7, 11) is 0. The van der Waals surface area contributed by atoms with Crippen LogP contribution >= 0.6 is 0 Å². The summed E-state index contributed by atoms with van der Waals surface area (Å²) in [6.45, 7) is 19.1. The van der Waals surface area contributed by atoms with Gasteiger partial charge in [0.25, 0.3) is 0 Å². The van der Waals surface area contributed by atoms with E-state index in [9.17, 15) is 0 Å². The summed E-state index contributed by atoms with van der Waals surface area (Å²) in [5.74, 6) is -1.54. The number of hydrogen-bond acceptors (Lipinski definition) is 1. The van der Waals surface area contributed by atoms with E-state index in [-0.39, 0.29) is 11.0 Å². The Balaban J connectivity index is 2.09. The van der Waals surface area contributed by atoms with Crippen LogP contribution in [0.5, 0.6) is 0 Å². The Morgan fingerprint density at radius 3 is 1.94 bits per heavy atom. The van der Waals surface area contributed by atoms with Crippen molar-refractivity contribution in [2.75, 3.05) is 4.90 Å². The van der Waals surface area contributed by atoms with Crippen LogP contribution in [0, 0.1) is 0 Å². The van der Waals surface area contributed by atoms with E-state index in [1.165, 1.54) is 22.3 Å². The van der Waals surface area contributed by atoms with E-state index < -0.39 is 11.8 Å². The molecule has 0 amide bonds. The fourth-order valence-electron chi connectivity index (χ4n) is 5.27. The van der Waals surface area contributed by atoms with Crippen molar-refractivity contribution >= 4 is 11.4 Å². The van der Waals surface area contributed by atoms with Crippen LogP contribution < -0.4 is 4.90 Å². The molecule has 3 aromatic rings. The van der Waals surface area contributed by atoms with E-state index in [0.717, 1.165) is 22.5 Å². The maximum atomic E-state index is 9.13.